The topological polar surface area (TPSA) is 52.2 Å². The van der Waals surface area contributed by atoms with E-state index in [1.165, 1.54) is 36.1 Å². The SMILES string of the molecule is CC(=O)N(Cc1ccsc1)C1CC12CCN(Cc1c(C)n[nH]c1C)CC2. The van der Waals surface area contributed by atoms with Gasteiger partial charge in [-0.05, 0) is 74.0 Å². The number of hydrogen-bond donors (Lipinski definition) is 1. The first-order valence-corrected chi connectivity index (χ1v) is 10.4. The number of carbonyl (C=O) groups is 1. The number of H-pyrrole nitrogens is 1. The minimum absolute atomic E-state index is 0.213. The standard InChI is InChI=1S/C20H28N4OS/c1-14-18(15(2)22-21-14)12-23-7-5-20(6-8-23)10-19(20)24(16(3)25)11-17-4-9-26-13-17/h4,9,13,19H,5-8,10-12H2,1-3H3,(H,21,22). The van der Waals surface area contributed by atoms with Gasteiger partial charge in [0.05, 0.1) is 5.69 Å². The third kappa shape index (κ3) is 3.32. The van der Waals surface area contributed by atoms with Gasteiger partial charge in [-0.2, -0.15) is 16.4 Å². The zero-order chi connectivity index (χ0) is 18.3. The van der Waals surface area contributed by atoms with Crippen molar-refractivity contribution in [2.45, 2.75) is 59.2 Å². The molecule has 1 spiro atoms. The van der Waals surface area contributed by atoms with Crippen LogP contribution >= 0.6 is 11.3 Å². The molecule has 1 saturated heterocycles. The monoisotopic (exact) mass is 372 g/mol. The molecule has 1 aliphatic carbocycles. The highest BCUT2D eigenvalue weighted by Gasteiger charge is 2.58. The van der Waals surface area contributed by atoms with Gasteiger partial charge in [0.25, 0.3) is 0 Å². The smallest absolute Gasteiger partial charge is 0.220 e. The third-order valence-corrected chi connectivity index (χ3v) is 7.11. The molecule has 0 aromatic carbocycles. The van der Waals surface area contributed by atoms with Gasteiger partial charge >= 0.3 is 0 Å². The van der Waals surface area contributed by atoms with E-state index in [4.69, 9.17) is 0 Å². The Morgan fingerprint density at radius 3 is 2.77 bits per heavy atom. The molecule has 26 heavy (non-hydrogen) atoms. The second kappa shape index (κ2) is 6.82. The molecule has 6 heteroatoms. The van der Waals surface area contributed by atoms with Crippen LogP contribution in [0.3, 0.4) is 0 Å². The molecule has 4 rings (SSSR count). The molecule has 2 aromatic heterocycles. The van der Waals surface area contributed by atoms with E-state index < -0.39 is 0 Å². The van der Waals surface area contributed by atoms with Crippen LogP contribution < -0.4 is 0 Å². The zero-order valence-corrected chi connectivity index (χ0v) is 16.7. The Morgan fingerprint density at radius 1 is 1.42 bits per heavy atom. The van der Waals surface area contributed by atoms with E-state index in [1.807, 2.05) is 0 Å². The van der Waals surface area contributed by atoms with Gasteiger partial charge < -0.3 is 4.90 Å². The molecule has 2 fully saturated rings. The van der Waals surface area contributed by atoms with Gasteiger partial charge in [0.15, 0.2) is 0 Å². The lowest BCUT2D eigenvalue weighted by molar-refractivity contribution is -0.130. The first-order chi connectivity index (χ1) is 12.5. The van der Waals surface area contributed by atoms with E-state index in [2.05, 4.69) is 50.7 Å². The van der Waals surface area contributed by atoms with Crippen LogP contribution in [0.1, 0.15) is 48.7 Å². The summed E-state index contributed by atoms with van der Waals surface area (Å²) in [6, 6.07) is 2.56. The van der Waals surface area contributed by atoms with Gasteiger partial charge in [-0.3, -0.25) is 14.8 Å². The second-order valence-electron chi connectivity index (χ2n) is 8.05. The Hall–Kier alpha value is -1.66. The summed E-state index contributed by atoms with van der Waals surface area (Å²) in [6.45, 7) is 9.89. The van der Waals surface area contributed by atoms with Crippen molar-refractivity contribution in [3.63, 3.8) is 0 Å². The number of rotatable bonds is 5. The number of nitrogens with zero attached hydrogens (tertiary/aromatic N) is 3. The number of aromatic nitrogens is 2. The fourth-order valence-electron chi connectivity index (χ4n) is 4.51. The maximum absolute atomic E-state index is 12.2. The molecule has 140 valence electrons. The summed E-state index contributed by atoms with van der Waals surface area (Å²) < 4.78 is 0. The van der Waals surface area contributed by atoms with Crippen molar-refractivity contribution in [1.29, 1.82) is 0 Å². The predicted molar refractivity (Wildman–Crippen MR) is 104 cm³/mol. The van der Waals surface area contributed by atoms with Crippen molar-refractivity contribution < 1.29 is 4.79 Å². The summed E-state index contributed by atoms with van der Waals surface area (Å²) in [4.78, 5) is 16.9. The lowest BCUT2D eigenvalue weighted by Crippen LogP contribution is -2.39. The fourth-order valence-corrected chi connectivity index (χ4v) is 5.17. The second-order valence-corrected chi connectivity index (χ2v) is 8.83. The molecule has 1 amide bonds. The first kappa shape index (κ1) is 17.7. The van der Waals surface area contributed by atoms with Gasteiger partial charge in [-0.25, -0.2) is 0 Å². The van der Waals surface area contributed by atoms with Gasteiger partial charge in [-0.1, -0.05) is 0 Å². The molecule has 1 aliphatic heterocycles. The summed E-state index contributed by atoms with van der Waals surface area (Å²) in [5.74, 6) is 0.213. The quantitative estimate of drug-likeness (QED) is 0.874. The van der Waals surface area contributed by atoms with E-state index in [9.17, 15) is 4.79 Å². The van der Waals surface area contributed by atoms with E-state index in [1.54, 1.807) is 18.3 Å². The average Bonchev–Trinajstić information content (AvgIpc) is 2.94. The Kier molecular flexibility index (Phi) is 4.65. The fraction of sp³-hybridized carbons (Fsp3) is 0.600. The molecule has 2 aromatic rings. The molecule has 0 bridgehead atoms. The van der Waals surface area contributed by atoms with Crippen LogP contribution in [0, 0.1) is 19.3 Å². The average molecular weight is 373 g/mol. The molecule has 1 unspecified atom stereocenters. The Bertz CT molecular complexity index is 754. The van der Waals surface area contributed by atoms with Crippen molar-refractivity contribution in [2.75, 3.05) is 13.1 Å². The molecule has 3 heterocycles. The molecular formula is C20H28N4OS. The van der Waals surface area contributed by atoms with Crippen LogP contribution in [-0.4, -0.2) is 45.0 Å². The number of amides is 1. The maximum Gasteiger partial charge on any atom is 0.220 e. The summed E-state index contributed by atoms with van der Waals surface area (Å²) >= 11 is 1.70. The van der Waals surface area contributed by atoms with E-state index in [-0.39, 0.29) is 5.91 Å². The van der Waals surface area contributed by atoms with Crippen LogP contribution in [0.15, 0.2) is 16.8 Å². The highest BCUT2D eigenvalue weighted by atomic mass is 32.1. The van der Waals surface area contributed by atoms with Crippen LogP contribution in [0.4, 0.5) is 0 Å². The van der Waals surface area contributed by atoms with Crippen LogP contribution in [0.2, 0.25) is 0 Å². The van der Waals surface area contributed by atoms with E-state index in [0.29, 0.717) is 11.5 Å². The summed E-state index contributed by atoms with van der Waals surface area (Å²) in [5.41, 5.74) is 5.27. The van der Waals surface area contributed by atoms with Gasteiger partial charge in [-0.15, -0.1) is 0 Å². The molecule has 5 nitrogen and oxygen atoms in total. The first-order valence-electron chi connectivity index (χ1n) is 9.49. The van der Waals surface area contributed by atoms with Crippen molar-refractivity contribution >= 4 is 17.2 Å². The maximum atomic E-state index is 12.2. The van der Waals surface area contributed by atoms with Crippen molar-refractivity contribution in [3.05, 3.63) is 39.3 Å². The number of aryl methyl sites for hydroxylation is 2. The van der Waals surface area contributed by atoms with E-state index in [0.717, 1.165) is 31.9 Å². The Labute approximate surface area is 159 Å². The summed E-state index contributed by atoms with van der Waals surface area (Å²) in [6.07, 6.45) is 3.57. The molecule has 2 aliphatic rings. The summed E-state index contributed by atoms with van der Waals surface area (Å²) in [7, 11) is 0. The number of carbonyl (C=O) groups excluding carboxylic acids is 1. The normalized spacial score (nSPS) is 21.9. The zero-order valence-electron chi connectivity index (χ0n) is 15.9. The molecule has 1 atom stereocenters. The minimum Gasteiger partial charge on any atom is -0.335 e. The number of nitrogens with one attached hydrogen (secondary N) is 1. The predicted octanol–water partition coefficient (Wildman–Crippen LogP) is 3.49. The Morgan fingerprint density at radius 2 is 2.19 bits per heavy atom. The number of piperidine rings is 1. The van der Waals surface area contributed by atoms with Crippen molar-refractivity contribution in [1.82, 2.24) is 20.0 Å². The molecule has 0 radical (unpaired) electrons. The third-order valence-electron chi connectivity index (χ3n) is 6.37. The number of thiophene rings is 1. The van der Waals surface area contributed by atoms with Crippen molar-refractivity contribution in [3.8, 4) is 0 Å². The van der Waals surface area contributed by atoms with Gasteiger partial charge in [0, 0.05) is 37.3 Å². The Balaban J connectivity index is 1.36. The molecule has 1 N–H and O–H groups in total. The van der Waals surface area contributed by atoms with Gasteiger partial charge in [0.2, 0.25) is 5.91 Å². The highest BCUT2D eigenvalue weighted by molar-refractivity contribution is 7.07. The number of hydrogen-bond acceptors (Lipinski definition) is 4. The largest absolute Gasteiger partial charge is 0.335 e. The van der Waals surface area contributed by atoms with Gasteiger partial charge in [0.1, 0.15) is 0 Å². The molecular weight excluding hydrogens is 344 g/mol. The summed E-state index contributed by atoms with van der Waals surface area (Å²) in [5, 5.41) is 11.7. The number of aromatic amines is 1. The van der Waals surface area contributed by atoms with E-state index >= 15 is 0 Å². The van der Waals surface area contributed by atoms with Crippen LogP contribution in [-0.2, 0) is 17.9 Å². The minimum atomic E-state index is 0.213. The van der Waals surface area contributed by atoms with Crippen molar-refractivity contribution in [2.24, 2.45) is 5.41 Å². The lowest BCUT2D eigenvalue weighted by Gasteiger charge is -2.34. The molecule has 1 saturated carbocycles. The number of likely N-dealkylation sites (tertiary alicyclic amines) is 1. The van der Waals surface area contributed by atoms with Crippen LogP contribution in [0.25, 0.3) is 0 Å². The van der Waals surface area contributed by atoms with Crippen LogP contribution in [0.5, 0.6) is 0 Å². The lowest BCUT2D eigenvalue weighted by atomic mass is 9.92. The highest BCUT2D eigenvalue weighted by Crippen LogP contribution is 2.57.